The van der Waals surface area contributed by atoms with Crippen LogP contribution in [0.2, 0.25) is 0 Å². The fourth-order valence-corrected chi connectivity index (χ4v) is 2.15. The predicted molar refractivity (Wildman–Crippen MR) is 89.6 cm³/mol. The molecule has 0 atom stereocenters. The van der Waals surface area contributed by atoms with E-state index in [1.165, 1.54) is 6.07 Å². The Balaban J connectivity index is 0.00000264. The van der Waals surface area contributed by atoms with E-state index >= 15 is 0 Å². The van der Waals surface area contributed by atoms with Crippen molar-refractivity contribution < 1.29 is 13.7 Å². The molecule has 0 saturated carbocycles. The zero-order chi connectivity index (χ0) is 15.9. The summed E-state index contributed by atoms with van der Waals surface area (Å²) in [5.41, 5.74) is 0.0176. The van der Waals surface area contributed by atoms with Gasteiger partial charge in [-0.05, 0) is 24.6 Å². The molecule has 0 aromatic heterocycles. The van der Waals surface area contributed by atoms with Gasteiger partial charge in [-0.2, -0.15) is 0 Å². The van der Waals surface area contributed by atoms with Crippen molar-refractivity contribution in [3.63, 3.8) is 0 Å². The topological polar surface area (TPSA) is 56.7 Å². The Morgan fingerprint density at radius 3 is 2.91 bits per heavy atom. The number of carbonyl (C=O) groups is 1. The van der Waals surface area contributed by atoms with Crippen molar-refractivity contribution in [3.05, 3.63) is 29.6 Å². The van der Waals surface area contributed by atoms with E-state index in [0.29, 0.717) is 30.6 Å². The number of hydrogen-bond acceptors (Lipinski definition) is 4. The van der Waals surface area contributed by atoms with Crippen LogP contribution in [-0.2, 0) is 0 Å². The summed E-state index contributed by atoms with van der Waals surface area (Å²) in [5.74, 6) is -0.537. The van der Waals surface area contributed by atoms with Gasteiger partial charge in [0.2, 0.25) is 0 Å². The van der Waals surface area contributed by atoms with E-state index in [9.17, 15) is 13.7 Å². The van der Waals surface area contributed by atoms with Crippen LogP contribution in [0.25, 0.3) is 0 Å². The van der Waals surface area contributed by atoms with Crippen LogP contribution in [0.15, 0.2) is 23.2 Å². The number of benzene rings is 1. The Morgan fingerprint density at radius 2 is 2.26 bits per heavy atom. The van der Waals surface area contributed by atoms with Crippen molar-refractivity contribution in [2.24, 2.45) is 4.99 Å². The number of carbonyl (C=O) groups excluding carboxylic acids is 1. The highest BCUT2D eigenvalue weighted by molar-refractivity contribution is 6.00. The summed E-state index contributed by atoms with van der Waals surface area (Å²) in [7, 11) is 0. The molecule has 1 aliphatic heterocycles. The van der Waals surface area contributed by atoms with Crippen molar-refractivity contribution in [2.75, 3.05) is 31.3 Å². The minimum absolute atomic E-state index is 0. The summed E-state index contributed by atoms with van der Waals surface area (Å²) in [5, 5.41) is 6.03. The average molecular weight is 347 g/mol. The summed E-state index contributed by atoms with van der Waals surface area (Å²) >= 11 is 0. The number of aliphatic imine (C=N–C) groups is 1. The molecule has 23 heavy (non-hydrogen) atoms. The third-order valence-corrected chi connectivity index (χ3v) is 3.31. The smallest absolute Gasteiger partial charge is 0.253 e. The molecule has 1 aromatic carbocycles. The van der Waals surface area contributed by atoms with Crippen molar-refractivity contribution in [1.29, 1.82) is 0 Å². The molecule has 2 N–H and O–H groups in total. The van der Waals surface area contributed by atoms with Gasteiger partial charge in [0.05, 0.1) is 17.8 Å². The van der Waals surface area contributed by atoms with Gasteiger partial charge in [0.15, 0.2) is 0 Å². The van der Waals surface area contributed by atoms with E-state index < -0.39 is 11.7 Å². The van der Waals surface area contributed by atoms with Crippen LogP contribution in [0, 0.1) is 5.82 Å². The highest BCUT2D eigenvalue weighted by Crippen LogP contribution is 2.22. The first-order chi connectivity index (χ1) is 10.6. The number of anilines is 1. The molecule has 128 valence electrons. The van der Waals surface area contributed by atoms with Crippen LogP contribution in [0.5, 0.6) is 0 Å². The molecule has 0 saturated heterocycles. The molecule has 0 bridgehead atoms. The number of halogens is 3. The number of nitrogens with zero attached hydrogens (tertiary/aromatic N) is 2. The lowest BCUT2D eigenvalue weighted by Gasteiger charge is -2.17. The standard InChI is InChI=1S/C15H20F2N4O.ClH/c1-2-3-6-20-15(22)12-9-11(16)4-5-13(12)21(17)10-14-18-7-8-19-14;/h4-5,9H,2-3,6-8,10H2,1H3,(H,18,19)(H,20,22);1H. The summed E-state index contributed by atoms with van der Waals surface area (Å²) in [6.45, 7) is 3.67. The second kappa shape index (κ2) is 9.29. The number of amides is 1. The molecule has 1 amide bonds. The number of rotatable bonds is 7. The van der Waals surface area contributed by atoms with Gasteiger partial charge >= 0.3 is 0 Å². The van der Waals surface area contributed by atoms with Crippen molar-refractivity contribution >= 4 is 29.8 Å². The molecule has 1 aromatic rings. The van der Waals surface area contributed by atoms with Gasteiger partial charge in [0.1, 0.15) is 18.2 Å². The third kappa shape index (κ3) is 5.35. The van der Waals surface area contributed by atoms with E-state index in [4.69, 9.17) is 0 Å². The lowest BCUT2D eigenvalue weighted by atomic mass is 10.1. The van der Waals surface area contributed by atoms with Crippen LogP contribution in [0.4, 0.5) is 14.6 Å². The summed E-state index contributed by atoms with van der Waals surface area (Å²) in [6, 6.07) is 3.45. The van der Waals surface area contributed by atoms with Crippen LogP contribution < -0.4 is 15.8 Å². The fourth-order valence-electron chi connectivity index (χ4n) is 2.15. The average Bonchev–Trinajstić information content (AvgIpc) is 3.00. The Kier molecular flexibility index (Phi) is 7.74. The molecule has 8 heteroatoms. The Hall–Kier alpha value is -1.89. The van der Waals surface area contributed by atoms with E-state index in [-0.39, 0.29) is 30.2 Å². The highest BCUT2D eigenvalue weighted by atomic mass is 35.5. The largest absolute Gasteiger partial charge is 0.370 e. The molecule has 1 heterocycles. The van der Waals surface area contributed by atoms with Gasteiger partial charge in [0, 0.05) is 13.1 Å². The van der Waals surface area contributed by atoms with E-state index in [1.807, 2.05) is 6.92 Å². The highest BCUT2D eigenvalue weighted by Gasteiger charge is 2.19. The SMILES string of the molecule is CCCCNC(=O)c1cc(F)ccc1N(F)CC1=NCCN1.Cl. The second-order valence-electron chi connectivity index (χ2n) is 5.05. The van der Waals surface area contributed by atoms with Crippen LogP contribution >= 0.6 is 12.4 Å². The number of unbranched alkanes of at least 4 members (excludes halogenated alkanes) is 1. The van der Waals surface area contributed by atoms with Gasteiger partial charge in [-0.15, -0.1) is 12.4 Å². The van der Waals surface area contributed by atoms with Crippen molar-refractivity contribution in [1.82, 2.24) is 10.6 Å². The first kappa shape index (κ1) is 19.2. The van der Waals surface area contributed by atoms with Crippen molar-refractivity contribution in [3.8, 4) is 0 Å². The molecule has 0 aliphatic carbocycles. The minimum atomic E-state index is -0.575. The molecule has 0 fully saturated rings. The van der Waals surface area contributed by atoms with Gasteiger partial charge < -0.3 is 10.6 Å². The molecule has 0 spiro atoms. The van der Waals surface area contributed by atoms with Gasteiger partial charge in [0.25, 0.3) is 5.91 Å². The Labute approximate surface area is 140 Å². The van der Waals surface area contributed by atoms with Gasteiger partial charge in [-0.1, -0.05) is 17.8 Å². The number of nitrogens with one attached hydrogen (secondary N) is 2. The molecule has 2 rings (SSSR count). The fraction of sp³-hybridized carbons (Fsp3) is 0.467. The molecular formula is C15H21ClF2N4O. The maximum absolute atomic E-state index is 14.3. The monoisotopic (exact) mass is 346 g/mol. The minimum Gasteiger partial charge on any atom is -0.370 e. The lowest BCUT2D eigenvalue weighted by molar-refractivity contribution is 0.0952. The summed E-state index contributed by atoms with van der Waals surface area (Å²) < 4.78 is 27.7. The normalized spacial score (nSPS) is 12.9. The Morgan fingerprint density at radius 1 is 1.48 bits per heavy atom. The van der Waals surface area contributed by atoms with Crippen LogP contribution in [0.1, 0.15) is 30.1 Å². The number of amidine groups is 1. The molecule has 0 radical (unpaired) electrons. The quantitative estimate of drug-likeness (QED) is 0.589. The van der Waals surface area contributed by atoms with E-state index in [1.54, 1.807) is 0 Å². The van der Waals surface area contributed by atoms with Gasteiger partial charge in [-0.25, -0.2) is 9.51 Å². The first-order valence-corrected chi connectivity index (χ1v) is 7.40. The zero-order valence-corrected chi connectivity index (χ0v) is 13.8. The summed E-state index contributed by atoms with van der Waals surface area (Å²) in [6.07, 6.45) is 1.74. The first-order valence-electron chi connectivity index (χ1n) is 7.40. The molecule has 1 aliphatic rings. The van der Waals surface area contributed by atoms with Crippen LogP contribution in [-0.4, -0.2) is 37.9 Å². The zero-order valence-electron chi connectivity index (χ0n) is 12.9. The van der Waals surface area contributed by atoms with E-state index in [2.05, 4.69) is 15.6 Å². The van der Waals surface area contributed by atoms with Crippen molar-refractivity contribution in [2.45, 2.75) is 19.8 Å². The predicted octanol–water partition coefficient (Wildman–Crippen LogP) is 2.47. The number of hydrogen-bond donors (Lipinski definition) is 2. The molecular weight excluding hydrogens is 326 g/mol. The Bertz CT molecular complexity index is 568. The molecule has 0 unspecified atom stereocenters. The molecule has 5 nitrogen and oxygen atoms in total. The van der Waals surface area contributed by atoms with Gasteiger partial charge in [-0.3, -0.25) is 9.79 Å². The lowest BCUT2D eigenvalue weighted by Crippen LogP contribution is -2.32. The summed E-state index contributed by atoms with van der Waals surface area (Å²) in [4.78, 5) is 16.2. The maximum atomic E-state index is 14.3. The third-order valence-electron chi connectivity index (χ3n) is 3.31. The van der Waals surface area contributed by atoms with E-state index in [0.717, 1.165) is 25.0 Å². The van der Waals surface area contributed by atoms with Crippen LogP contribution in [0.3, 0.4) is 0 Å². The maximum Gasteiger partial charge on any atom is 0.253 e. The second-order valence-corrected chi connectivity index (χ2v) is 5.05.